The van der Waals surface area contributed by atoms with E-state index < -0.39 is 0 Å². The summed E-state index contributed by atoms with van der Waals surface area (Å²) in [5, 5.41) is 1.16. The summed E-state index contributed by atoms with van der Waals surface area (Å²) < 4.78 is 0. The predicted octanol–water partition coefficient (Wildman–Crippen LogP) is 4.01. The number of para-hydroxylation sites is 1. The Kier molecular flexibility index (Phi) is 3.90. The van der Waals surface area contributed by atoms with E-state index in [-0.39, 0.29) is 11.9 Å². The lowest BCUT2D eigenvalue weighted by atomic mass is 10.1. The van der Waals surface area contributed by atoms with Crippen LogP contribution < -0.4 is 0 Å². The van der Waals surface area contributed by atoms with Crippen LogP contribution in [0.1, 0.15) is 40.3 Å². The number of hydrogen-bond acceptors (Lipinski definition) is 2. The number of fused-ring (bicyclic) bond motifs is 1. The standard InChI is InChI=1S/C19H21N3O/c1-12-9-16(11-20-13(12)2)19(23)22(4)14(3)18-10-15-7-5-6-8-17(15)21-18/h5-11,14,21H,1-4H3. The Morgan fingerprint density at radius 3 is 2.65 bits per heavy atom. The highest BCUT2D eigenvalue weighted by Gasteiger charge is 2.21. The van der Waals surface area contributed by atoms with Gasteiger partial charge in [0, 0.05) is 30.1 Å². The Hall–Kier alpha value is -2.62. The number of hydrogen-bond donors (Lipinski definition) is 1. The molecule has 0 spiro atoms. The van der Waals surface area contributed by atoms with E-state index in [4.69, 9.17) is 0 Å². The van der Waals surface area contributed by atoms with Crippen molar-refractivity contribution in [2.24, 2.45) is 0 Å². The average molecular weight is 307 g/mol. The molecular weight excluding hydrogens is 286 g/mol. The highest BCUT2D eigenvalue weighted by atomic mass is 16.2. The molecule has 23 heavy (non-hydrogen) atoms. The fourth-order valence-corrected chi connectivity index (χ4v) is 2.67. The molecule has 0 saturated carbocycles. The Bertz CT molecular complexity index is 833. The van der Waals surface area contributed by atoms with Crippen LogP contribution in [0.25, 0.3) is 10.9 Å². The van der Waals surface area contributed by atoms with Gasteiger partial charge in [0.2, 0.25) is 0 Å². The first-order valence-electron chi connectivity index (χ1n) is 7.75. The van der Waals surface area contributed by atoms with Crippen molar-refractivity contribution in [3.63, 3.8) is 0 Å². The maximum Gasteiger partial charge on any atom is 0.255 e. The van der Waals surface area contributed by atoms with Crippen molar-refractivity contribution >= 4 is 16.8 Å². The van der Waals surface area contributed by atoms with E-state index in [1.54, 1.807) is 11.1 Å². The lowest BCUT2D eigenvalue weighted by molar-refractivity contribution is 0.0739. The van der Waals surface area contributed by atoms with Gasteiger partial charge in [0.1, 0.15) is 0 Å². The van der Waals surface area contributed by atoms with Crippen LogP contribution in [-0.4, -0.2) is 27.8 Å². The van der Waals surface area contributed by atoms with Crippen molar-refractivity contribution in [3.8, 4) is 0 Å². The SMILES string of the molecule is Cc1cc(C(=O)N(C)C(C)c2cc3ccccc3[nH]2)cnc1C. The fourth-order valence-electron chi connectivity index (χ4n) is 2.67. The molecule has 2 aromatic heterocycles. The highest BCUT2D eigenvalue weighted by molar-refractivity contribution is 5.94. The van der Waals surface area contributed by atoms with E-state index in [1.807, 2.05) is 52.1 Å². The van der Waals surface area contributed by atoms with Crippen LogP contribution in [0.3, 0.4) is 0 Å². The molecule has 0 bridgehead atoms. The van der Waals surface area contributed by atoms with Crippen molar-refractivity contribution < 1.29 is 4.79 Å². The van der Waals surface area contributed by atoms with Gasteiger partial charge in [-0.1, -0.05) is 18.2 Å². The fraction of sp³-hybridized carbons (Fsp3) is 0.263. The monoisotopic (exact) mass is 307 g/mol. The Morgan fingerprint density at radius 1 is 1.22 bits per heavy atom. The third-order valence-corrected chi connectivity index (χ3v) is 4.49. The minimum absolute atomic E-state index is 0.0215. The summed E-state index contributed by atoms with van der Waals surface area (Å²) in [5.74, 6) is -0.0215. The van der Waals surface area contributed by atoms with Crippen LogP contribution in [0, 0.1) is 13.8 Å². The largest absolute Gasteiger partial charge is 0.357 e. The van der Waals surface area contributed by atoms with E-state index in [9.17, 15) is 4.79 Å². The van der Waals surface area contributed by atoms with Crippen LogP contribution in [-0.2, 0) is 0 Å². The quantitative estimate of drug-likeness (QED) is 0.794. The smallest absolute Gasteiger partial charge is 0.255 e. The maximum absolute atomic E-state index is 12.7. The number of nitrogens with zero attached hydrogens (tertiary/aromatic N) is 2. The Balaban J connectivity index is 1.87. The number of H-pyrrole nitrogens is 1. The third kappa shape index (κ3) is 2.84. The molecular formula is C19H21N3O. The molecule has 0 aliphatic carbocycles. The molecule has 0 fully saturated rings. The van der Waals surface area contributed by atoms with Crippen molar-refractivity contribution in [1.29, 1.82) is 0 Å². The van der Waals surface area contributed by atoms with Gasteiger partial charge in [0.05, 0.1) is 11.6 Å². The molecule has 1 amide bonds. The molecule has 1 N–H and O–H groups in total. The van der Waals surface area contributed by atoms with Crippen molar-refractivity contribution in [1.82, 2.24) is 14.9 Å². The maximum atomic E-state index is 12.7. The predicted molar refractivity (Wildman–Crippen MR) is 92.5 cm³/mol. The molecule has 4 heteroatoms. The number of amides is 1. The molecule has 3 aromatic rings. The molecule has 2 heterocycles. The lowest BCUT2D eigenvalue weighted by Gasteiger charge is -2.24. The number of aromatic nitrogens is 2. The molecule has 0 aliphatic heterocycles. The van der Waals surface area contributed by atoms with E-state index >= 15 is 0 Å². The number of benzene rings is 1. The van der Waals surface area contributed by atoms with E-state index in [2.05, 4.69) is 22.1 Å². The summed E-state index contributed by atoms with van der Waals surface area (Å²) in [4.78, 5) is 22.1. The lowest BCUT2D eigenvalue weighted by Crippen LogP contribution is -2.30. The summed E-state index contributed by atoms with van der Waals surface area (Å²) in [7, 11) is 1.83. The molecule has 1 aromatic carbocycles. The summed E-state index contributed by atoms with van der Waals surface area (Å²) in [6.45, 7) is 5.94. The molecule has 118 valence electrons. The number of aromatic amines is 1. The highest BCUT2D eigenvalue weighted by Crippen LogP contribution is 2.24. The molecule has 0 aliphatic rings. The van der Waals surface area contributed by atoms with Gasteiger partial charge in [0.15, 0.2) is 0 Å². The van der Waals surface area contributed by atoms with Crippen LogP contribution in [0.5, 0.6) is 0 Å². The minimum Gasteiger partial charge on any atom is -0.357 e. The third-order valence-electron chi connectivity index (χ3n) is 4.49. The van der Waals surface area contributed by atoms with Gasteiger partial charge < -0.3 is 9.88 Å². The molecule has 0 radical (unpaired) electrons. The second-order valence-corrected chi connectivity index (χ2v) is 6.03. The van der Waals surface area contributed by atoms with Crippen LogP contribution in [0.2, 0.25) is 0 Å². The summed E-state index contributed by atoms with van der Waals surface area (Å²) in [6.07, 6.45) is 1.65. The first-order valence-corrected chi connectivity index (χ1v) is 7.75. The van der Waals surface area contributed by atoms with E-state index in [0.717, 1.165) is 27.9 Å². The number of carbonyl (C=O) groups is 1. The van der Waals surface area contributed by atoms with Crippen molar-refractivity contribution in [2.75, 3.05) is 7.05 Å². The van der Waals surface area contributed by atoms with Crippen molar-refractivity contribution in [2.45, 2.75) is 26.8 Å². The number of nitrogens with one attached hydrogen (secondary N) is 1. The second-order valence-electron chi connectivity index (χ2n) is 6.03. The number of carbonyl (C=O) groups excluding carboxylic acids is 1. The number of aryl methyl sites for hydroxylation is 2. The van der Waals surface area contributed by atoms with Gasteiger partial charge in [0.25, 0.3) is 5.91 Å². The van der Waals surface area contributed by atoms with Gasteiger partial charge in [-0.25, -0.2) is 0 Å². The Labute approximate surface area is 136 Å². The number of pyridine rings is 1. The molecule has 1 unspecified atom stereocenters. The number of rotatable bonds is 3. The Morgan fingerprint density at radius 2 is 1.96 bits per heavy atom. The summed E-state index contributed by atoms with van der Waals surface area (Å²) in [6, 6.07) is 12.1. The van der Waals surface area contributed by atoms with Crippen molar-refractivity contribution in [3.05, 3.63) is 65.1 Å². The molecule has 1 atom stereocenters. The van der Waals surface area contributed by atoms with E-state index in [1.165, 1.54) is 0 Å². The molecule has 0 saturated heterocycles. The zero-order valence-corrected chi connectivity index (χ0v) is 13.9. The molecule has 3 rings (SSSR count). The topological polar surface area (TPSA) is 49.0 Å². The van der Waals surface area contributed by atoms with Gasteiger partial charge in [-0.05, 0) is 49.9 Å². The zero-order chi connectivity index (χ0) is 16.6. The first-order chi connectivity index (χ1) is 11.0. The van der Waals surface area contributed by atoms with Gasteiger partial charge in [-0.2, -0.15) is 0 Å². The summed E-state index contributed by atoms with van der Waals surface area (Å²) >= 11 is 0. The normalized spacial score (nSPS) is 12.3. The van der Waals surface area contributed by atoms with Crippen LogP contribution >= 0.6 is 0 Å². The van der Waals surface area contributed by atoms with Crippen LogP contribution in [0.4, 0.5) is 0 Å². The molecule has 4 nitrogen and oxygen atoms in total. The minimum atomic E-state index is -0.0449. The van der Waals surface area contributed by atoms with Gasteiger partial charge >= 0.3 is 0 Å². The zero-order valence-electron chi connectivity index (χ0n) is 13.9. The van der Waals surface area contributed by atoms with E-state index in [0.29, 0.717) is 5.56 Å². The first kappa shape index (κ1) is 15.3. The average Bonchev–Trinajstić information content (AvgIpc) is 2.99. The van der Waals surface area contributed by atoms with Gasteiger partial charge in [-0.3, -0.25) is 9.78 Å². The van der Waals surface area contributed by atoms with Gasteiger partial charge in [-0.15, -0.1) is 0 Å². The summed E-state index contributed by atoms with van der Waals surface area (Å²) in [5.41, 5.74) is 4.72. The second kappa shape index (κ2) is 5.88. The van der Waals surface area contributed by atoms with Crippen LogP contribution in [0.15, 0.2) is 42.6 Å².